The largest absolute Gasteiger partial charge is 0.434 e. The monoisotopic (exact) mass is 298 g/mol. The second-order valence-corrected chi connectivity index (χ2v) is 4.17. The lowest BCUT2D eigenvalue weighted by Gasteiger charge is -2.08. The fraction of sp³-hybridized carbons (Fsp3) is 0.400. The van der Waals surface area contributed by atoms with Gasteiger partial charge in [0.05, 0.1) is 4.47 Å². The zero-order chi connectivity index (χ0) is 11.3. The van der Waals surface area contributed by atoms with Crippen LogP contribution in [0.1, 0.15) is 12.0 Å². The molecule has 0 bridgehead atoms. The SMILES string of the molecule is FC(F)Oc1cc(CCCCl)ccc1Br. The van der Waals surface area contributed by atoms with E-state index in [0.29, 0.717) is 10.4 Å². The highest BCUT2D eigenvalue weighted by atomic mass is 79.9. The summed E-state index contributed by atoms with van der Waals surface area (Å²) in [4.78, 5) is 0. The predicted octanol–water partition coefficient (Wildman–Crippen LogP) is 4.22. The number of halogens is 4. The first-order chi connectivity index (χ1) is 7.13. The Morgan fingerprint density at radius 1 is 1.40 bits per heavy atom. The third-order valence-corrected chi connectivity index (χ3v) is 2.73. The molecule has 15 heavy (non-hydrogen) atoms. The minimum Gasteiger partial charge on any atom is -0.434 e. The van der Waals surface area contributed by atoms with E-state index in [1.54, 1.807) is 12.1 Å². The van der Waals surface area contributed by atoms with Crippen molar-refractivity contribution in [3.8, 4) is 5.75 Å². The molecule has 0 saturated carbocycles. The van der Waals surface area contributed by atoms with E-state index in [9.17, 15) is 8.78 Å². The van der Waals surface area contributed by atoms with Crippen molar-refractivity contribution in [2.45, 2.75) is 19.5 Å². The van der Waals surface area contributed by atoms with E-state index in [1.165, 1.54) is 0 Å². The van der Waals surface area contributed by atoms with Gasteiger partial charge in [-0.3, -0.25) is 0 Å². The Kier molecular flexibility index (Phi) is 5.32. The summed E-state index contributed by atoms with van der Waals surface area (Å²) in [5.74, 6) is 0.721. The van der Waals surface area contributed by atoms with Gasteiger partial charge in [-0.1, -0.05) is 6.07 Å². The predicted molar refractivity (Wildman–Crippen MR) is 59.8 cm³/mol. The highest BCUT2D eigenvalue weighted by Crippen LogP contribution is 2.27. The number of rotatable bonds is 5. The third kappa shape index (κ3) is 4.34. The molecule has 0 fully saturated rings. The van der Waals surface area contributed by atoms with E-state index in [-0.39, 0.29) is 5.75 Å². The first-order valence-electron chi connectivity index (χ1n) is 4.42. The topological polar surface area (TPSA) is 9.23 Å². The number of hydrogen-bond acceptors (Lipinski definition) is 1. The maximum atomic E-state index is 12.0. The molecule has 1 nitrogen and oxygen atoms in total. The summed E-state index contributed by atoms with van der Waals surface area (Å²) in [5, 5.41) is 0. The lowest BCUT2D eigenvalue weighted by molar-refractivity contribution is -0.0503. The molecule has 0 amide bonds. The second kappa shape index (κ2) is 6.28. The van der Waals surface area contributed by atoms with Gasteiger partial charge in [0.2, 0.25) is 0 Å². The van der Waals surface area contributed by atoms with Crippen LogP contribution in [0.2, 0.25) is 0 Å². The molecule has 5 heteroatoms. The van der Waals surface area contributed by atoms with Gasteiger partial charge in [0.1, 0.15) is 5.75 Å². The molecule has 0 atom stereocenters. The number of ether oxygens (including phenoxy) is 1. The van der Waals surface area contributed by atoms with Crippen LogP contribution in [0.15, 0.2) is 22.7 Å². The molecule has 0 saturated heterocycles. The molecule has 0 aromatic heterocycles. The average molecular weight is 300 g/mol. The Morgan fingerprint density at radius 2 is 2.13 bits per heavy atom. The molecule has 0 unspecified atom stereocenters. The van der Waals surface area contributed by atoms with Crippen LogP contribution in [0.3, 0.4) is 0 Å². The van der Waals surface area contributed by atoms with E-state index in [4.69, 9.17) is 11.6 Å². The Balaban J connectivity index is 2.75. The Labute approximate surface area is 101 Å². The minimum atomic E-state index is -2.80. The van der Waals surface area contributed by atoms with E-state index < -0.39 is 6.61 Å². The first-order valence-corrected chi connectivity index (χ1v) is 5.75. The van der Waals surface area contributed by atoms with E-state index in [0.717, 1.165) is 18.4 Å². The van der Waals surface area contributed by atoms with E-state index in [2.05, 4.69) is 20.7 Å². The van der Waals surface area contributed by atoms with Gasteiger partial charge in [-0.25, -0.2) is 0 Å². The van der Waals surface area contributed by atoms with Gasteiger partial charge >= 0.3 is 6.61 Å². The number of aryl methyl sites for hydroxylation is 1. The first kappa shape index (κ1) is 12.7. The summed E-state index contributed by atoms with van der Waals surface area (Å²) >= 11 is 8.69. The van der Waals surface area contributed by atoms with Crippen LogP contribution in [0, 0.1) is 0 Å². The molecule has 0 aliphatic heterocycles. The molecule has 1 aromatic carbocycles. The van der Waals surface area contributed by atoms with Crippen molar-refractivity contribution in [1.29, 1.82) is 0 Å². The van der Waals surface area contributed by atoms with Gasteiger partial charge in [0.25, 0.3) is 0 Å². The van der Waals surface area contributed by atoms with Crippen molar-refractivity contribution in [3.63, 3.8) is 0 Å². The summed E-state index contributed by atoms with van der Waals surface area (Å²) in [6, 6.07) is 5.15. The summed E-state index contributed by atoms with van der Waals surface area (Å²) in [6.45, 7) is -2.80. The normalized spacial score (nSPS) is 10.7. The third-order valence-electron chi connectivity index (χ3n) is 1.81. The second-order valence-electron chi connectivity index (χ2n) is 2.94. The molecule has 0 aliphatic carbocycles. The molecule has 0 aliphatic rings. The summed E-state index contributed by atoms with van der Waals surface area (Å²) in [7, 11) is 0. The molecular formula is C10H10BrClF2O. The van der Waals surface area contributed by atoms with Crippen LogP contribution >= 0.6 is 27.5 Å². The maximum Gasteiger partial charge on any atom is 0.387 e. The molecule has 0 heterocycles. The van der Waals surface area contributed by atoms with Gasteiger partial charge in [-0.15, -0.1) is 11.6 Å². The van der Waals surface area contributed by atoms with Gasteiger partial charge in [-0.2, -0.15) is 8.78 Å². The lowest BCUT2D eigenvalue weighted by Crippen LogP contribution is -2.03. The molecule has 0 radical (unpaired) electrons. The highest BCUT2D eigenvalue weighted by Gasteiger charge is 2.08. The molecule has 0 spiro atoms. The zero-order valence-corrected chi connectivity index (χ0v) is 10.2. The Bertz CT molecular complexity index is 320. The van der Waals surface area contributed by atoms with Gasteiger partial charge in [0, 0.05) is 5.88 Å². The molecule has 1 rings (SSSR count). The standard InChI is InChI=1S/C10H10BrClF2O/c11-8-4-3-7(2-1-5-12)6-9(8)15-10(13)14/h3-4,6,10H,1-2,5H2. The fourth-order valence-corrected chi connectivity index (χ4v) is 1.63. The molecule has 1 aromatic rings. The summed E-state index contributed by atoms with van der Waals surface area (Å²) in [6.07, 6.45) is 1.58. The Hall–Kier alpha value is -0.350. The van der Waals surface area contributed by atoms with Crippen molar-refractivity contribution in [1.82, 2.24) is 0 Å². The van der Waals surface area contributed by atoms with E-state index >= 15 is 0 Å². The van der Waals surface area contributed by atoms with E-state index in [1.807, 2.05) is 6.07 Å². The lowest BCUT2D eigenvalue weighted by atomic mass is 10.1. The quantitative estimate of drug-likeness (QED) is 0.740. The van der Waals surface area contributed by atoms with Gasteiger partial charge in [0.15, 0.2) is 0 Å². The molecule has 84 valence electrons. The minimum absolute atomic E-state index is 0.164. The summed E-state index contributed by atoms with van der Waals surface area (Å²) in [5.41, 5.74) is 0.939. The summed E-state index contributed by atoms with van der Waals surface area (Å²) < 4.78 is 28.9. The van der Waals surface area contributed by atoms with Crippen molar-refractivity contribution >= 4 is 27.5 Å². The van der Waals surface area contributed by atoms with Crippen molar-refractivity contribution in [2.24, 2.45) is 0 Å². The van der Waals surface area contributed by atoms with Crippen LogP contribution in [0.4, 0.5) is 8.78 Å². The maximum absolute atomic E-state index is 12.0. The number of alkyl halides is 3. The van der Waals surface area contributed by atoms with Crippen molar-refractivity contribution in [3.05, 3.63) is 28.2 Å². The van der Waals surface area contributed by atoms with Crippen LogP contribution in [0.25, 0.3) is 0 Å². The average Bonchev–Trinajstić information content (AvgIpc) is 2.18. The zero-order valence-electron chi connectivity index (χ0n) is 7.85. The van der Waals surface area contributed by atoms with Crippen molar-refractivity contribution in [2.75, 3.05) is 5.88 Å². The van der Waals surface area contributed by atoms with Crippen LogP contribution < -0.4 is 4.74 Å². The van der Waals surface area contributed by atoms with Crippen LogP contribution in [-0.4, -0.2) is 12.5 Å². The molecular weight excluding hydrogens is 289 g/mol. The molecule has 0 N–H and O–H groups in total. The smallest absolute Gasteiger partial charge is 0.387 e. The van der Waals surface area contributed by atoms with Crippen LogP contribution in [-0.2, 0) is 6.42 Å². The van der Waals surface area contributed by atoms with Crippen molar-refractivity contribution < 1.29 is 13.5 Å². The fourth-order valence-electron chi connectivity index (χ4n) is 1.16. The number of hydrogen-bond donors (Lipinski definition) is 0. The Morgan fingerprint density at radius 3 is 2.73 bits per heavy atom. The van der Waals surface area contributed by atoms with Gasteiger partial charge < -0.3 is 4.74 Å². The van der Waals surface area contributed by atoms with Gasteiger partial charge in [-0.05, 0) is 46.5 Å². The number of benzene rings is 1. The van der Waals surface area contributed by atoms with Crippen LogP contribution in [0.5, 0.6) is 5.75 Å². The highest BCUT2D eigenvalue weighted by molar-refractivity contribution is 9.10.